The van der Waals surface area contributed by atoms with Gasteiger partial charge < -0.3 is 16.2 Å². The van der Waals surface area contributed by atoms with Crippen LogP contribution in [0.15, 0.2) is 24.3 Å². The first kappa shape index (κ1) is 14.9. The molecular weight excluding hydrogens is 252 g/mol. The van der Waals surface area contributed by atoms with Crippen LogP contribution in [0.3, 0.4) is 0 Å². The van der Waals surface area contributed by atoms with Gasteiger partial charge in [-0.1, -0.05) is 37.8 Å². The molecule has 1 amide bonds. The van der Waals surface area contributed by atoms with Crippen molar-refractivity contribution < 1.29 is 9.90 Å². The number of hydrogen-bond donors (Lipinski definition) is 3. The molecule has 110 valence electrons. The van der Waals surface area contributed by atoms with Crippen molar-refractivity contribution in [1.29, 1.82) is 0 Å². The fourth-order valence-corrected chi connectivity index (χ4v) is 2.78. The quantitative estimate of drug-likeness (QED) is 0.581. The number of hydrogen-bond acceptors (Lipinski definition) is 3. The van der Waals surface area contributed by atoms with Gasteiger partial charge in [0.05, 0.1) is 12.0 Å². The lowest BCUT2D eigenvalue weighted by Crippen LogP contribution is -2.43. The van der Waals surface area contributed by atoms with Crippen LogP contribution in [-0.4, -0.2) is 23.2 Å². The normalized spacial score (nSPS) is 18.2. The van der Waals surface area contributed by atoms with E-state index in [9.17, 15) is 9.90 Å². The molecule has 4 N–H and O–H groups in total. The van der Waals surface area contributed by atoms with Gasteiger partial charge in [0.1, 0.15) is 0 Å². The molecule has 0 bridgehead atoms. The molecule has 0 spiro atoms. The molecule has 1 aromatic carbocycles. The van der Waals surface area contributed by atoms with Crippen molar-refractivity contribution in [3.05, 3.63) is 29.8 Å². The zero-order valence-electron chi connectivity index (χ0n) is 11.9. The molecule has 1 saturated carbocycles. The van der Waals surface area contributed by atoms with E-state index in [1.807, 2.05) is 12.1 Å². The number of aliphatic hydroxyl groups is 1. The molecule has 0 aliphatic heterocycles. The van der Waals surface area contributed by atoms with Crippen LogP contribution >= 0.6 is 0 Å². The number of benzene rings is 1. The fourth-order valence-electron chi connectivity index (χ4n) is 2.78. The third-order valence-corrected chi connectivity index (χ3v) is 3.96. The van der Waals surface area contributed by atoms with E-state index in [-0.39, 0.29) is 5.91 Å². The van der Waals surface area contributed by atoms with Crippen molar-refractivity contribution in [3.63, 3.8) is 0 Å². The van der Waals surface area contributed by atoms with Crippen LogP contribution in [0.1, 0.15) is 44.1 Å². The highest BCUT2D eigenvalue weighted by molar-refractivity contribution is 5.78. The minimum atomic E-state index is -0.720. The van der Waals surface area contributed by atoms with Crippen molar-refractivity contribution in [2.45, 2.75) is 50.5 Å². The highest BCUT2D eigenvalue weighted by atomic mass is 16.3. The monoisotopic (exact) mass is 276 g/mol. The zero-order valence-corrected chi connectivity index (χ0v) is 11.9. The summed E-state index contributed by atoms with van der Waals surface area (Å²) in [5, 5.41) is 13.3. The molecule has 20 heavy (non-hydrogen) atoms. The first-order chi connectivity index (χ1) is 9.57. The van der Waals surface area contributed by atoms with Crippen LogP contribution in [0.25, 0.3) is 0 Å². The van der Waals surface area contributed by atoms with Crippen LogP contribution in [0.5, 0.6) is 0 Å². The summed E-state index contributed by atoms with van der Waals surface area (Å²) >= 11 is 0. The summed E-state index contributed by atoms with van der Waals surface area (Å²) in [4.78, 5) is 11.9. The van der Waals surface area contributed by atoms with Crippen LogP contribution in [0.4, 0.5) is 5.69 Å². The number of nitrogen functional groups attached to an aromatic ring is 1. The Morgan fingerprint density at radius 2 is 1.95 bits per heavy atom. The summed E-state index contributed by atoms with van der Waals surface area (Å²) in [5.74, 6) is -0.0618. The minimum Gasteiger partial charge on any atom is -0.399 e. The summed E-state index contributed by atoms with van der Waals surface area (Å²) in [7, 11) is 0. The maximum Gasteiger partial charge on any atom is 0.224 e. The molecule has 1 aliphatic carbocycles. The molecular formula is C16H24N2O2. The molecule has 0 unspecified atom stereocenters. The van der Waals surface area contributed by atoms with E-state index in [0.29, 0.717) is 18.7 Å². The summed E-state index contributed by atoms with van der Waals surface area (Å²) in [5.41, 5.74) is 6.53. The zero-order chi connectivity index (χ0) is 14.4. The predicted octanol–water partition coefficient (Wildman–Crippen LogP) is 2.01. The number of nitrogens with one attached hydrogen (secondary N) is 1. The Balaban J connectivity index is 1.82. The van der Waals surface area contributed by atoms with Gasteiger partial charge in [0.2, 0.25) is 5.91 Å². The van der Waals surface area contributed by atoms with Crippen LogP contribution in [0, 0.1) is 0 Å². The number of rotatable bonds is 4. The molecule has 4 nitrogen and oxygen atoms in total. The van der Waals surface area contributed by atoms with Crippen LogP contribution in [-0.2, 0) is 11.2 Å². The summed E-state index contributed by atoms with van der Waals surface area (Å²) in [6, 6.07) is 7.34. The Bertz CT molecular complexity index is 452. The molecule has 0 aromatic heterocycles. The highest BCUT2D eigenvalue weighted by Crippen LogP contribution is 2.26. The lowest BCUT2D eigenvalue weighted by Gasteiger charge is -2.26. The summed E-state index contributed by atoms with van der Waals surface area (Å²) < 4.78 is 0. The first-order valence-corrected chi connectivity index (χ1v) is 7.41. The topological polar surface area (TPSA) is 75.4 Å². The third kappa shape index (κ3) is 4.53. The van der Waals surface area contributed by atoms with Crippen molar-refractivity contribution in [2.24, 2.45) is 0 Å². The van der Waals surface area contributed by atoms with Crippen LogP contribution < -0.4 is 11.1 Å². The molecule has 0 atom stereocenters. The number of carbonyl (C=O) groups excluding carboxylic acids is 1. The molecule has 1 fully saturated rings. The number of anilines is 1. The lowest BCUT2D eigenvalue weighted by molar-refractivity contribution is -0.121. The molecule has 0 radical (unpaired) electrons. The maximum atomic E-state index is 11.9. The van der Waals surface area contributed by atoms with Gasteiger partial charge in [-0.25, -0.2) is 0 Å². The molecule has 1 aromatic rings. The molecule has 4 heteroatoms. The van der Waals surface area contributed by atoms with Crippen LogP contribution in [0.2, 0.25) is 0 Å². The van der Waals surface area contributed by atoms with Gasteiger partial charge in [0, 0.05) is 12.2 Å². The second-order valence-electron chi connectivity index (χ2n) is 5.84. The SMILES string of the molecule is Nc1cccc(CC(=O)NCC2(O)CCCCCC2)c1. The van der Waals surface area contributed by atoms with Gasteiger partial charge in [0.25, 0.3) is 0 Å². The smallest absolute Gasteiger partial charge is 0.224 e. The Labute approximate surface area is 120 Å². The number of amides is 1. The Morgan fingerprint density at radius 1 is 1.25 bits per heavy atom. The maximum absolute atomic E-state index is 11.9. The van der Waals surface area contributed by atoms with Gasteiger partial charge in [0.15, 0.2) is 0 Å². The van der Waals surface area contributed by atoms with E-state index in [1.54, 1.807) is 12.1 Å². The third-order valence-electron chi connectivity index (χ3n) is 3.96. The second kappa shape index (κ2) is 6.75. The average molecular weight is 276 g/mol. The number of nitrogens with two attached hydrogens (primary N) is 1. The van der Waals surface area contributed by atoms with E-state index >= 15 is 0 Å². The van der Waals surface area contributed by atoms with Gasteiger partial charge >= 0.3 is 0 Å². The Morgan fingerprint density at radius 3 is 2.60 bits per heavy atom. The molecule has 0 heterocycles. The van der Waals surface area contributed by atoms with Crippen molar-refractivity contribution in [3.8, 4) is 0 Å². The molecule has 1 aliphatic rings. The van der Waals surface area contributed by atoms with Gasteiger partial charge in [-0.3, -0.25) is 4.79 Å². The Kier molecular flexibility index (Phi) is 5.01. The molecule has 0 saturated heterocycles. The van der Waals surface area contributed by atoms with Crippen molar-refractivity contribution in [2.75, 3.05) is 12.3 Å². The van der Waals surface area contributed by atoms with Gasteiger partial charge in [-0.2, -0.15) is 0 Å². The van der Waals surface area contributed by atoms with E-state index in [1.165, 1.54) is 12.8 Å². The predicted molar refractivity (Wildman–Crippen MR) is 80.2 cm³/mol. The lowest BCUT2D eigenvalue weighted by atomic mass is 9.94. The van der Waals surface area contributed by atoms with Crippen molar-refractivity contribution >= 4 is 11.6 Å². The van der Waals surface area contributed by atoms with E-state index in [2.05, 4.69) is 5.32 Å². The van der Waals surface area contributed by atoms with E-state index in [4.69, 9.17) is 5.73 Å². The average Bonchev–Trinajstić information content (AvgIpc) is 2.62. The molecule has 2 rings (SSSR count). The standard InChI is InChI=1S/C16H24N2O2/c17-14-7-5-6-13(10-14)11-15(19)18-12-16(20)8-3-1-2-4-9-16/h5-7,10,20H,1-4,8-9,11-12,17H2,(H,18,19). The van der Waals surface area contributed by atoms with Gasteiger partial charge in [-0.05, 0) is 30.5 Å². The summed E-state index contributed by atoms with van der Waals surface area (Å²) in [6.45, 7) is 0.355. The number of carbonyl (C=O) groups is 1. The second-order valence-corrected chi connectivity index (χ2v) is 5.84. The summed E-state index contributed by atoms with van der Waals surface area (Å²) in [6.07, 6.45) is 6.32. The van der Waals surface area contributed by atoms with Gasteiger partial charge in [-0.15, -0.1) is 0 Å². The fraction of sp³-hybridized carbons (Fsp3) is 0.562. The highest BCUT2D eigenvalue weighted by Gasteiger charge is 2.28. The largest absolute Gasteiger partial charge is 0.399 e. The van der Waals surface area contributed by atoms with E-state index in [0.717, 1.165) is 31.2 Å². The van der Waals surface area contributed by atoms with E-state index < -0.39 is 5.60 Å². The first-order valence-electron chi connectivity index (χ1n) is 7.41. The minimum absolute atomic E-state index is 0.0618. The van der Waals surface area contributed by atoms with Crippen molar-refractivity contribution in [1.82, 2.24) is 5.32 Å². The Hall–Kier alpha value is -1.55.